The van der Waals surface area contributed by atoms with E-state index in [0.717, 1.165) is 19.3 Å². The highest BCUT2D eigenvalue weighted by Gasteiger charge is 2.11. The van der Waals surface area contributed by atoms with Crippen LogP contribution in [0.15, 0.2) is 0 Å². The molecule has 0 amide bonds. The Bertz CT molecular complexity index is 90.1. The molecule has 1 fully saturated rings. The summed E-state index contributed by atoms with van der Waals surface area (Å²) in [6.45, 7) is 9.31. The largest absolute Gasteiger partial charge is 0.381 e. The first kappa shape index (κ1) is 12.9. The molecule has 1 heterocycles. The summed E-state index contributed by atoms with van der Waals surface area (Å²) in [5, 5.41) is 3.54. The first-order chi connectivity index (χ1) is 6.43. The summed E-state index contributed by atoms with van der Waals surface area (Å²) in [6, 6.07) is 0.732. The lowest BCUT2D eigenvalue weighted by molar-refractivity contribution is 0.0780. The molecule has 0 aromatic heterocycles. The fourth-order valence-corrected chi connectivity index (χ4v) is 1.38. The average Bonchev–Trinajstić information content (AvgIpc) is 2.23. The van der Waals surface area contributed by atoms with Crippen molar-refractivity contribution < 1.29 is 4.74 Å². The highest BCUT2D eigenvalue weighted by Crippen LogP contribution is 2.05. The van der Waals surface area contributed by atoms with Gasteiger partial charge in [0, 0.05) is 19.3 Å². The Morgan fingerprint density at radius 1 is 1.23 bits per heavy atom. The molecular formula is C11H25NO. The third-order valence-corrected chi connectivity index (χ3v) is 2.18. The molecule has 1 saturated heterocycles. The summed E-state index contributed by atoms with van der Waals surface area (Å²) in [5.74, 6) is 0. The average molecular weight is 187 g/mol. The predicted molar refractivity (Wildman–Crippen MR) is 58.1 cm³/mol. The zero-order chi connectivity index (χ0) is 9.94. The van der Waals surface area contributed by atoms with E-state index in [1.165, 1.54) is 32.2 Å². The second kappa shape index (κ2) is 10.0. The Morgan fingerprint density at radius 2 is 1.85 bits per heavy atom. The second-order valence-electron chi connectivity index (χ2n) is 3.19. The Hall–Kier alpha value is -0.0800. The van der Waals surface area contributed by atoms with E-state index in [2.05, 4.69) is 12.2 Å². The quantitative estimate of drug-likeness (QED) is 0.683. The third kappa shape index (κ3) is 7.03. The van der Waals surface area contributed by atoms with Gasteiger partial charge < -0.3 is 10.1 Å². The molecule has 2 nitrogen and oxygen atoms in total. The molecule has 13 heavy (non-hydrogen) atoms. The summed E-state index contributed by atoms with van der Waals surface area (Å²) < 4.78 is 5.27. The summed E-state index contributed by atoms with van der Waals surface area (Å²) in [4.78, 5) is 0. The maximum Gasteiger partial charge on any atom is 0.0480 e. The Balaban J connectivity index is 0.000000671. The molecule has 1 N–H and O–H groups in total. The van der Waals surface area contributed by atoms with Gasteiger partial charge in [-0.1, -0.05) is 27.2 Å². The van der Waals surface area contributed by atoms with Gasteiger partial charge in [0.2, 0.25) is 0 Å². The minimum absolute atomic E-state index is 0.732. The molecule has 0 unspecified atom stereocenters. The van der Waals surface area contributed by atoms with E-state index in [4.69, 9.17) is 4.74 Å². The molecule has 1 rings (SSSR count). The third-order valence-electron chi connectivity index (χ3n) is 2.18. The minimum Gasteiger partial charge on any atom is -0.381 e. The van der Waals surface area contributed by atoms with Crippen molar-refractivity contribution in [1.82, 2.24) is 5.32 Å². The van der Waals surface area contributed by atoms with Crippen LogP contribution < -0.4 is 5.32 Å². The van der Waals surface area contributed by atoms with Crippen LogP contribution in [0.4, 0.5) is 0 Å². The fourth-order valence-electron chi connectivity index (χ4n) is 1.38. The van der Waals surface area contributed by atoms with Crippen molar-refractivity contribution in [2.75, 3.05) is 19.8 Å². The van der Waals surface area contributed by atoms with E-state index < -0.39 is 0 Å². The summed E-state index contributed by atoms with van der Waals surface area (Å²) in [7, 11) is 0. The number of rotatable bonds is 4. The molecule has 0 aromatic carbocycles. The fraction of sp³-hybridized carbons (Fsp3) is 1.00. The van der Waals surface area contributed by atoms with Crippen molar-refractivity contribution in [3.05, 3.63) is 0 Å². The van der Waals surface area contributed by atoms with Crippen molar-refractivity contribution in [2.24, 2.45) is 0 Å². The molecule has 0 radical (unpaired) electrons. The monoisotopic (exact) mass is 187 g/mol. The van der Waals surface area contributed by atoms with Gasteiger partial charge in [-0.15, -0.1) is 0 Å². The summed E-state index contributed by atoms with van der Waals surface area (Å²) in [6.07, 6.45) is 4.99. The summed E-state index contributed by atoms with van der Waals surface area (Å²) in [5.41, 5.74) is 0. The highest BCUT2D eigenvalue weighted by atomic mass is 16.5. The lowest BCUT2D eigenvalue weighted by Gasteiger charge is -2.22. The molecule has 80 valence electrons. The van der Waals surface area contributed by atoms with Crippen LogP contribution in [0, 0.1) is 0 Å². The van der Waals surface area contributed by atoms with Gasteiger partial charge in [-0.2, -0.15) is 0 Å². The minimum atomic E-state index is 0.732. The molecule has 0 atom stereocenters. The Kier molecular flexibility index (Phi) is 9.94. The molecule has 2 heteroatoms. The molecular weight excluding hydrogens is 162 g/mol. The van der Waals surface area contributed by atoms with E-state index in [9.17, 15) is 0 Å². The maximum absolute atomic E-state index is 5.27. The molecule has 1 aliphatic rings. The van der Waals surface area contributed by atoms with Crippen LogP contribution in [0.25, 0.3) is 0 Å². The first-order valence-electron chi connectivity index (χ1n) is 5.74. The molecule has 0 aromatic rings. The molecule has 1 aliphatic heterocycles. The van der Waals surface area contributed by atoms with Crippen LogP contribution in [0.3, 0.4) is 0 Å². The van der Waals surface area contributed by atoms with Crippen molar-refractivity contribution in [1.29, 1.82) is 0 Å². The van der Waals surface area contributed by atoms with Gasteiger partial charge in [0.25, 0.3) is 0 Å². The number of nitrogens with one attached hydrogen (secondary N) is 1. The van der Waals surface area contributed by atoms with Crippen molar-refractivity contribution in [3.8, 4) is 0 Å². The van der Waals surface area contributed by atoms with E-state index in [1.807, 2.05) is 13.8 Å². The Labute approximate surface area is 83.1 Å². The predicted octanol–water partition coefficient (Wildman–Crippen LogP) is 2.58. The van der Waals surface area contributed by atoms with E-state index in [-0.39, 0.29) is 0 Å². The van der Waals surface area contributed by atoms with E-state index in [0.29, 0.717) is 0 Å². The lowest BCUT2D eigenvalue weighted by atomic mass is 10.1. The van der Waals surface area contributed by atoms with Gasteiger partial charge in [0.15, 0.2) is 0 Å². The van der Waals surface area contributed by atoms with Crippen LogP contribution >= 0.6 is 0 Å². The lowest BCUT2D eigenvalue weighted by Crippen LogP contribution is -2.35. The molecule has 0 bridgehead atoms. The standard InChI is InChI=1S/C9H19NO.C2H6/c1-2-3-6-10-9-4-7-11-8-5-9;1-2/h9-10H,2-8H2,1H3;1-2H3. The molecule has 0 saturated carbocycles. The SMILES string of the molecule is CC.CCCCNC1CCOCC1. The Morgan fingerprint density at radius 3 is 2.38 bits per heavy atom. The van der Waals surface area contributed by atoms with Crippen LogP contribution in [-0.4, -0.2) is 25.8 Å². The van der Waals surface area contributed by atoms with Gasteiger partial charge in [0.05, 0.1) is 0 Å². The number of hydrogen-bond donors (Lipinski definition) is 1. The highest BCUT2D eigenvalue weighted by molar-refractivity contribution is 4.69. The van der Waals surface area contributed by atoms with Gasteiger partial charge in [0.1, 0.15) is 0 Å². The first-order valence-corrected chi connectivity index (χ1v) is 5.74. The van der Waals surface area contributed by atoms with Gasteiger partial charge in [-0.05, 0) is 25.8 Å². The van der Waals surface area contributed by atoms with Crippen molar-refractivity contribution >= 4 is 0 Å². The number of unbranched alkanes of at least 4 members (excludes halogenated alkanes) is 1. The topological polar surface area (TPSA) is 21.3 Å². The number of hydrogen-bond acceptors (Lipinski definition) is 2. The second-order valence-corrected chi connectivity index (χ2v) is 3.19. The van der Waals surface area contributed by atoms with Crippen LogP contribution in [0.1, 0.15) is 46.5 Å². The number of ether oxygens (including phenoxy) is 1. The molecule has 0 spiro atoms. The normalized spacial score (nSPS) is 17.8. The zero-order valence-corrected chi connectivity index (χ0v) is 9.44. The van der Waals surface area contributed by atoms with Gasteiger partial charge in [-0.25, -0.2) is 0 Å². The van der Waals surface area contributed by atoms with Crippen LogP contribution in [0.5, 0.6) is 0 Å². The van der Waals surface area contributed by atoms with Gasteiger partial charge >= 0.3 is 0 Å². The van der Waals surface area contributed by atoms with Crippen molar-refractivity contribution in [3.63, 3.8) is 0 Å². The van der Waals surface area contributed by atoms with E-state index >= 15 is 0 Å². The molecule has 0 aliphatic carbocycles. The maximum atomic E-state index is 5.27. The van der Waals surface area contributed by atoms with Crippen molar-refractivity contribution in [2.45, 2.75) is 52.5 Å². The van der Waals surface area contributed by atoms with Gasteiger partial charge in [-0.3, -0.25) is 0 Å². The zero-order valence-electron chi connectivity index (χ0n) is 9.44. The van der Waals surface area contributed by atoms with Crippen LogP contribution in [0.2, 0.25) is 0 Å². The van der Waals surface area contributed by atoms with Crippen LogP contribution in [-0.2, 0) is 4.74 Å². The summed E-state index contributed by atoms with van der Waals surface area (Å²) >= 11 is 0. The smallest absolute Gasteiger partial charge is 0.0480 e. The van der Waals surface area contributed by atoms with E-state index in [1.54, 1.807) is 0 Å².